The maximum atomic E-state index is 12.3. The first-order valence-electron chi connectivity index (χ1n) is 7.07. The van der Waals surface area contributed by atoms with Crippen molar-refractivity contribution in [3.05, 3.63) is 69.7 Å². The van der Waals surface area contributed by atoms with E-state index in [2.05, 4.69) is 5.32 Å². The summed E-state index contributed by atoms with van der Waals surface area (Å²) in [4.78, 5) is 12.3. The molecule has 0 bridgehead atoms. The molecule has 5 heteroatoms. The molecule has 1 aliphatic rings. The molecule has 1 fully saturated rings. The van der Waals surface area contributed by atoms with Gasteiger partial charge in [-0.1, -0.05) is 47.5 Å². The van der Waals surface area contributed by atoms with Crippen molar-refractivity contribution in [1.29, 1.82) is 0 Å². The van der Waals surface area contributed by atoms with Crippen LogP contribution < -0.4 is 5.32 Å². The third-order valence-electron chi connectivity index (χ3n) is 3.76. The first-order chi connectivity index (χ1) is 10.6. The van der Waals surface area contributed by atoms with Crippen LogP contribution in [-0.4, -0.2) is 19.1 Å². The van der Waals surface area contributed by atoms with Crippen LogP contribution in [0.25, 0.3) is 0 Å². The molecule has 22 heavy (non-hydrogen) atoms. The fourth-order valence-electron chi connectivity index (χ4n) is 2.41. The van der Waals surface area contributed by atoms with Gasteiger partial charge in [-0.05, 0) is 29.8 Å². The SMILES string of the molecule is O=C(O[C@@H](c1ccc(Cl)c(Cl)c1)C1CNC1)c1ccccc1. The lowest BCUT2D eigenvalue weighted by molar-refractivity contribution is 0.00393. The van der Waals surface area contributed by atoms with Crippen LogP contribution >= 0.6 is 23.2 Å². The third-order valence-corrected chi connectivity index (χ3v) is 4.50. The van der Waals surface area contributed by atoms with E-state index >= 15 is 0 Å². The van der Waals surface area contributed by atoms with Gasteiger partial charge in [0.1, 0.15) is 6.10 Å². The van der Waals surface area contributed by atoms with Gasteiger partial charge in [0.15, 0.2) is 0 Å². The van der Waals surface area contributed by atoms with Gasteiger partial charge in [0.05, 0.1) is 15.6 Å². The predicted molar refractivity (Wildman–Crippen MR) is 87.4 cm³/mol. The highest BCUT2D eigenvalue weighted by molar-refractivity contribution is 6.42. The van der Waals surface area contributed by atoms with Gasteiger partial charge < -0.3 is 10.1 Å². The highest BCUT2D eigenvalue weighted by Crippen LogP contribution is 2.33. The molecule has 0 amide bonds. The Balaban J connectivity index is 1.84. The molecule has 0 aliphatic carbocycles. The molecule has 2 aromatic rings. The molecular weight excluding hydrogens is 321 g/mol. The number of halogens is 2. The topological polar surface area (TPSA) is 38.3 Å². The number of carbonyl (C=O) groups is 1. The Morgan fingerprint density at radius 3 is 2.41 bits per heavy atom. The van der Waals surface area contributed by atoms with Crippen molar-refractivity contribution in [1.82, 2.24) is 5.32 Å². The second kappa shape index (κ2) is 6.69. The predicted octanol–water partition coefficient (Wildman–Crippen LogP) is 4.11. The van der Waals surface area contributed by atoms with Crippen molar-refractivity contribution in [2.24, 2.45) is 5.92 Å². The maximum Gasteiger partial charge on any atom is 0.338 e. The Kier molecular flexibility index (Phi) is 4.67. The zero-order chi connectivity index (χ0) is 15.5. The second-order valence-corrected chi connectivity index (χ2v) is 6.10. The standard InChI is InChI=1S/C17H15Cl2NO2/c18-14-7-6-12(8-15(14)19)16(13-9-20-10-13)22-17(21)11-4-2-1-3-5-11/h1-8,13,16,20H,9-10H2/t16-/m0/s1. The third kappa shape index (κ3) is 3.27. The number of benzene rings is 2. The van der Waals surface area contributed by atoms with E-state index in [-0.39, 0.29) is 18.0 Å². The fourth-order valence-corrected chi connectivity index (χ4v) is 2.71. The molecule has 1 saturated heterocycles. The van der Waals surface area contributed by atoms with Gasteiger partial charge in [-0.25, -0.2) is 4.79 Å². The number of nitrogens with one attached hydrogen (secondary N) is 1. The zero-order valence-corrected chi connectivity index (χ0v) is 13.3. The van der Waals surface area contributed by atoms with Gasteiger partial charge in [-0.2, -0.15) is 0 Å². The summed E-state index contributed by atoms with van der Waals surface area (Å²) >= 11 is 12.1. The fraction of sp³-hybridized carbons (Fsp3) is 0.235. The quantitative estimate of drug-likeness (QED) is 0.854. The lowest BCUT2D eigenvalue weighted by Crippen LogP contribution is -2.46. The minimum Gasteiger partial charge on any atom is -0.453 e. The van der Waals surface area contributed by atoms with E-state index in [9.17, 15) is 4.79 Å². The number of hydrogen-bond acceptors (Lipinski definition) is 3. The molecule has 1 aliphatic heterocycles. The molecule has 0 saturated carbocycles. The van der Waals surface area contributed by atoms with Gasteiger partial charge >= 0.3 is 5.97 Å². The summed E-state index contributed by atoms with van der Waals surface area (Å²) in [7, 11) is 0. The van der Waals surface area contributed by atoms with Gasteiger partial charge in [0.2, 0.25) is 0 Å². The molecule has 1 heterocycles. The number of hydrogen-bond donors (Lipinski definition) is 1. The zero-order valence-electron chi connectivity index (χ0n) is 11.8. The summed E-state index contributed by atoms with van der Waals surface area (Å²) in [5.74, 6) is -0.0894. The molecular formula is C17H15Cl2NO2. The van der Waals surface area contributed by atoms with E-state index in [0.29, 0.717) is 15.6 Å². The first-order valence-corrected chi connectivity index (χ1v) is 7.82. The van der Waals surface area contributed by atoms with Crippen LogP contribution in [0.15, 0.2) is 48.5 Å². The van der Waals surface area contributed by atoms with Crippen LogP contribution in [-0.2, 0) is 4.74 Å². The highest BCUT2D eigenvalue weighted by Gasteiger charge is 2.32. The van der Waals surface area contributed by atoms with Gasteiger partial charge in [-0.3, -0.25) is 0 Å². The molecule has 1 N–H and O–H groups in total. The monoisotopic (exact) mass is 335 g/mol. The van der Waals surface area contributed by atoms with Crippen LogP contribution in [0.3, 0.4) is 0 Å². The normalized spacial score (nSPS) is 15.9. The van der Waals surface area contributed by atoms with Crippen molar-refractivity contribution in [2.45, 2.75) is 6.10 Å². The summed E-state index contributed by atoms with van der Waals surface area (Å²) in [6, 6.07) is 14.3. The van der Waals surface area contributed by atoms with Gasteiger partial charge in [0.25, 0.3) is 0 Å². The van der Waals surface area contributed by atoms with Crippen molar-refractivity contribution < 1.29 is 9.53 Å². The first kappa shape index (κ1) is 15.3. The van der Waals surface area contributed by atoms with Crippen LogP contribution in [0.4, 0.5) is 0 Å². The average molecular weight is 336 g/mol. The molecule has 3 rings (SSSR count). The highest BCUT2D eigenvalue weighted by atomic mass is 35.5. The van der Waals surface area contributed by atoms with E-state index < -0.39 is 0 Å². The molecule has 0 spiro atoms. The number of rotatable bonds is 4. The van der Waals surface area contributed by atoms with E-state index in [4.69, 9.17) is 27.9 Å². The minimum absolute atomic E-state index is 0.241. The molecule has 0 unspecified atom stereocenters. The summed E-state index contributed by atoms with van der Waals surface area (Å²) in [6.45, 7) is 1.62. The van der Waals surface area contributed by atoms with Crippen molar-refractivity contribution in [3.63, 3.8) is 0 Å². The van der Waals surface area contributed by atoms with Crippen molar-refractivity contribution in [2.75, 3.05) is 13.1 Å². The maximum absolute atomic E-state index is 12.3. The number of carbonyl (C=O) groups excluding carboxylic acids is 1. The number of esters is 1. The van der Waals surface area contributed by atoms with Crippen LogP contribution in [0.2, 0.25) is 10.0 Å². The Labute approximate surface area is 139 Å². The average Bonchev–Trinajstić information content (AvgIpc) is 2.48. The van der Waals surface area contributed by atoms with Gasteiger partial charge in [0, 0.05) is 19.0 Å². The van der Waals surface area contributed by atoms with Crippen LogP contribution in [0.1, 0.15) is 22.0 Å². The largest absolute Gasteiger partial charge is 0.453 e. The minimum atomic E-state index is -0.330. The Bertz CT molecular complexity index is 672. The smallest absolute Gasteiger partial charge is 0.338 e. The van der Waals surface area contributed by atoms with E-state index in [1.165, 1.54) is 0 Å². The lowest BCUT2D eigenvalue weighted by atomic mass is 9.91. The Hall–Kier alpha value is -1.55. The van der Waals surface area contributed by atoms with Crippen molar-refractivity contribution in [3.8, 4) is 0 Å². The summed E-state index contributed by atoms with van der Waals surface area (Å²) in [5, 5.41) is 4.16. The lowest BCUT2D eigenvalue weighted by Gasteiger charge is -2.34. The van der Waals surface area contributed by atoms with Crippen LogP contribution in [0, 0.1) is 5.92 Å². The molecule has 3 nitrogen and oxygen atoms in total. The summed E-state index contributed by atoms with van der Waals surface area (Å²) in [6.07, 6.45) is -0.330. The Morgan fingerprint density at radius 1 is 1.09 bits per heavy atom. The number of ether oxygens (including phenoxy) is 1. The molecule has 0 radical (unpaired) electrons. The summed E-state index contributed by atoms with van der Waals surface area (Å²) < 4.78 is 5.74. The Morgan fingerprint density at radius 2 is 1.82 bits per heavy atom. The molecule has 114 valence electrons. The van der Waals surface area contributed by atoms with Crippen molar-refractivity contribution >= 4 is 29.2 Å². The molecule has 0 aromatic heterocycles. The van der Waals surface area contributed by atoms with E-state index in [1.54, 1.807) is 24.3 Å². The molecule has 1 atom stereocenters. The van der Waals surface area contributed by atoms with Gasteiger partial charge in [-0.15, -0.1) is 0 Å². The second-order valence-electron chi connectivity index (χ2n) is 5.28. The van der Waals surface area contributed by atoms with E-state index in [1.807, 2.05) is 24.3 Å². The van der Waals surface area contributed by atoms with Crippen LogP contribution in [0.5, 0.6) is 0 Å². The molecule has 2 aromatic carbocycles. The summed E-state index contributed by atoms with van der Waals surface area (Å²) in [5.41, 5.74) is 1.41. The van der Waals surface area contributed by atoms with E-state index in [0.717, 1.165) is 18.7 Å².